The lowest BCUT2D eigenvalue weighted by Crippen LogP contribution is -2.20. The van der Waals surface area contributed by atoms with Gasteiger partial charge in [-0.25, -0.2) is 0 Å². The SMILES string of the molecule is COC(=O)Cc1ccc(OCC(=O)Nc2ccc3c(c2)OCCCO3)cc1. The smallest absolute Gasteiger partial charge is 0.309 e. The second-order valence-electron chi connectivity index (χ2n) is 5.95. The predicted molar refractivity (Wildman–Crippen MR) is 98.3 cm³/mol. The number of methoxy groups -OCH3 is 1. The molecule has 27 heavy (non-hydrogen) atoms. The monoisotopic (exact) mass is 371 g/mol. The summed E-state index contributed by atoms with van der Waals surface area (Å²) in [6.45, 7) is 1.06. The van der Waals surface area contributed by atoms with E-state index in [0.717, 1.165) is 12.0 Å². The molecule has 2 aromatic carbocycles. The van der Waals surface area contributed by atoms with Crippen molar-refractivity contribution in [2.75, 3.05) is 32.2 Å². The van der Waals surface area contributed by atoms with Gasteiger partial charge < -0.3 is 24.3 Å². The molecule has 3 rings (SSSR count). The first-order valence-corrected chi connectivity index (χ1v) is 8.62. The summed E-state index contributed by atoms with van der Waals surface area (Å²) in [4.78, 5) is 23.3. The van der Waals surface area contributed by atoms with E-state index < -0.39 is 0 Å². The highest BCUT2D eigenvalue weighted by Gasteiger charge is 2.12. The van der Waals surface area contributed by atoms with Crippen LogP contribution in [0.4, 0.5) is 5.69 Å². The van der Waals surface area contributed by atoms with Gasteiger partial charge in [-0.3, -0.25) is 9.59 Å². The molecule has 0 unspecified atom stereocenters. The maximum absolute atomic E-state index is 12.1. The average molecular weight is 371 g/mol. The van der Waals surface area contributed by atoms with Crippen molar-refractivity contribution in [1.29, 1.82) is 0 Å². The number of nitrogens with one attached hydrogen (secondary N) is 1. The Hall–Kier alpha value is -3.22. The number of anilines is 1. The molecule has 0 atom stereocenters. The molecule has 2 aromatic rings. The van der Waals surface area contributed by atoms with Crippen molar-refractivity contribution in [2.24, 2.45) is 0 Å². The van der Waals surface area contributed by atoms with E-state index in [1.54, 1.807) is 42.5 Å². The molecule has 1 aliphatic rings. The Morgan fingerprint density at radius 2 is 1.78 bits per heavy atom. The van der Waals surface area contributed by atoms with Crippen molar-refractivity contribution < 1.29 is 28.5 Å². The number of benzene rings is 2. The van der Waals surface area contributed by atoms with Crippen LogP contribution in [0.15, 0.2) is 42.5 Å². The van der Waals surface area contributed by atoms with Gasteiger partial charge in [0.2, 0.25) is 0 Å². The summed E-state index contributed by atoms with van der Waals surface area (Å²) in [5, 5.41) is 2.77. The minimum atomic E-state index is -0.307. The van der Waals surface area contributed by atoms with Crippen molar-refractivity contribution in [3.05, 3.63) is 48.0 Å². The van der Waals surface area contributed by atoms with Crippen LogP contribution in [0.3, 0.4) is 0 Å². The molecule has 7 nitrogen and oxygen atoms in total. The summed E-state index contributed by atoms with van der Waals surface area (Å²) in [6.07, 6.45) is 1.02. The molecule has 1 heterocycles. The average Bonchev–Trinajstić information content (AvgIpc) is 2.92. The summed E-state index contributed by atoms with van der Waals surface area (Å²) in [5.74, 6) is 1.24. The van der Waals surface area contributed by atoms with Crippen molar-refractivity contribution in [3.63, 3.8) is 0 Å². The number of hydrogen-bond donors (Lipinski definition) is 1. The predicted octanol–water partition coefficient (Wildman–Crippen LogP) is 2.58. The molecule has 0 aromatic heterocycles. The van der Waals surface area contributed by atoms with E-state index in [-0.39, 0.29) is 24.9 Å². The van der Waals surface area contributed by atoms with E-state index >= 15 is 0 Å². The quantitative estimate of drug-likeness (QED) is 0.786. The van der Waals surface area contributed by atoms with Crippen LogP contribution in [0.2, 0.25) is 0 Å². The van der Waals surface area contributed by atoms with Crippen LogP contribution < -0.4 is 19.5 Å². The van der Waals surface area contributed by atoms with E-state index in [0.29, 0.717) is 36.1 Å². The molecule has 0 bridgehead atoms. The van der Waals surface area contributed by atoms with Crippen LogP contribution in [0, 0.1) is 0 Å². The summed E-state index contributed by atoms with van der Waals surface area (Å²) in [6, 6.07) is 12.2. The third-order valence-corrected chi connectivity index (χ3v) is 3.90. The lowest BCUT2D eigenvalue weighted by molar-refractivity contribution is -0.139. The Morgan fingerprint density at radius 1 is 1.04 bits per heavy atom. The highest BCUT2D eigenvalue weighted by Crippen LogP contribution is 2.32. The van der Waals surface area contributed by atoms with Gasteiger partial charge in [-0.05, 0) is 29.8 Å². The molecular weight excluding hydrogens is 350 g/mol. The fourth-order valence-corrected chi connectivity index (χ4v) is 2.53. The molecule has 0 saturated heterocycles. The third-order valence-electron chi connectivity index (χ3n) is 3.90. The number of fused-ring (bicyclic) bond motifs is 1. The van der Waals surface area contributed by atoms with Gasteiger partial charge in [0.15, 0.2) is 18.1 Å². The Bertz CT molecular complexity index is 803. The topological polar surface area (TPSA) is 83.1 Å². The van der Waals surface area contributed by atoms with E-state index in [1.165, 1.54) is 7.11 Å². The number of ether oxygens (including phenoxy) is 4. The van der Waals surface area contributed by atoms with Crippen LogP contribution in [0.5, 0.6) is 17.2 Å². The first kappa shape index (κ1) is 18.6. The van der Waals surface area contributed by atoms with E-state index in [2.05, 4.69) is 10.1 Å². The van der Waals surface area contributed by atoms with Gasteiger partial charge in [-0.2, -0.15) is 0 Å². The highest BCUT2D eigenvalue weighted by atomic mass is 16.5. The van der Waals surface area contributed by atoms with Gasteiger partial charge in [-0.15, -0.1) is 0 Å². The summed E-state index contributed by atoms with van der Waals surface area (Å²) < 4.78 is 21.3. The van der Waals surface area contributed by atoms with Crippen molar-refractivity contribution in [3.8, 4) is 17.2 Å². The van der Waals surface area contributed by atoms with E-state index in [1.807, 2.05) is 0 Å². The molecule has 7 heteroatoms. The first-order chi connectivity index (χ1) is 13.1. The number of rotatable bonds is 6. The maximum atomic E-state index is 12.1. The van der Waals surface area contributed by atoms with Crippen LogP contribution in [0.1, 0.15) is 12.0 Å². The van der Waals surface area contributed by atoms with Crippen LogP contribution in [-0.2, 0) is 20.7 Å². The molecular formula is C20H21NO6. The number of amides is 1. The molecule has 0 spiro atoms. The molecule has 0 radical (unpaired) electrons. The van der Waals surface area contributed by atoms with Crippen LogP contribution in [-0.4, -0.2) is 38.8 Å². The minimum Gasteiger partial charge on any atom is -0.490 e. The maximum Gasteiger partial charge on any atom is 0.309 e. The van der Waals surface area contributed by atoms with Crippen LogP contribution in [0.25, 0.3) is 0 Å². The highest BCUT2D eigenvalue weighted by molar-refractivity contribution is 5.92. The van der Waals surface area contributed by atoms with Gasteiger partial charge in [0.05, 0.1) is 26.7 Å². The minimum absolute atomic E-state index is 0.134. The Morgan fingerprint density at radius 3 is 2.52 bits per heavy atom. The zero-order valence-corrected chi connectivity index (χ0v) is 15.0. The molecule has 1 amide bonds. The second kappa shape index (κ2) is 8.93. The summed E-state index contributed by atoms with van der Waals surface area (Å²) in [7, 11) is 1.35. The molecule has 0 aliphatic carbocycles. The van der Waals surface area contributed by atoms with Gasteiger partial charge in [0.25, 0.3) is 5.91 Å². The summed E-state index contributed by atoms with van der Waals surface area (Å²) >= 11 is 0. The molecule has 1 N–H and O–H groups in total. The van der Waals surface area contributed by atoms with E-state index in [9.17, 15) is 9.59 Å². The zero-order valence-electron chi connectivity index (χ0n) is 15.0. The molecule has 0 saturated carbocycles. The third kappa shape index (κ3) is 5.37. The lowest BCUT2D eigenvalue weighted by Gasteiger charge is -2.11. The fourth-order valence-electron chi connectivity index (χ4n) is 2.53. The van der Waals surface area contributed by atoms with Crippen molar-refractivity contribution in [1.82, 2.24) is 0 Å². The number of esters is 1. The van der Waals surface area contributed by atoms with Gasteiger partial charge in [0, 0.05) is 18.2 Å². The molecule has 142 valence electrons. The van der Waals surface area contributed by atoms with Crippen molar-refractivity contribution in [2.45, 2.75) is 12.8 Å². The Labute approximate surface area is 157 Å². The normalized spacial score (nSPS) is 12.6. The standard InChI is InChI=1S/C20H21NO6/c1-24-20(23)11-14-3-6-16(7-4-14)27-13-19(22)21-15-5-8-17-18(12-15)26-10-2-9-25-17/h3-8,12H,2,9-11,13H2,1H3,(H,21,22). The number of carbonyl (C=O) groups excluding carboxylic acids is 2. The number of carbonyl (C=O) groups is 2. The zero-order chi connectivity index (χ0) is 19.1. The molecule has 0 fully saturated rings. The lowest BCUT2D eigenvalue weighted by atomic mass is 10.1. The van der Waals surface area contributed by atoms with Gasteiger partial charge in [-0.1, -0.05) is 12.1 Å². The second-order valence-corrected chi connectivity index (χ2v) is 5.95. The first-order valence-electron chi connectivity index (χ1n) is 8.62. The summed E-state index contributed by atoms with van der Waals surface area (Å²) in [5.41, 5.74) is 1.42. The Balaban J connectivity index is 1.51. The largest absolute Gasteiger partial charge is 0.490 e. The van der Waals surface area contributed by atoms with E-state index in [4.69, 9.17) is 14.2 Å². The van der Waals surface area contributed by atoms with Gasteiger partial charge >= 0.3 is 5.97 Å². The van der Waals surface area contributed by atoms with Gasteiger partial charge in [0.1, 0.15) is 5.75 Å². The Kier molecular flexibility index (Phi) is 6.14. The molecule has 1 aliphatic heterocycles. The number of hydrogen-bond acceptors (Lipinski definition) is 6. The fraction of sp³-hybridized carbons (Fsp3) is 0.300. The van der Waals surface area contributed by atoms with Crippen LogP contribution >= 0.6 is 0 Å². The van der Waals surface area contributed by atoms with Crippen molar-refractivity contribution >= 4 is 17.6 Å².